The van der Waals surface area contributed by atoms with Crippen molar-refractivity contribution in [2.24, 2.45) is 0 Å². The van der Waals surface area contributed by atoms with Crippen LogP contribution in [0.4, 0.5) is 0 Å². The van der Waals surface area contributed by atoms with E-state index < -0.39 is 0 Å². The van der Waals surface area contributed by atoms with Gasteiger partial charge in [0.2, 0.25) is 5.91 Å². The summed E-state index contributed by atoms with van der Waals surface area (Å²) in [6, 6.07) is 7.41. The smallest absolute Gasteiger partial charge is 0.254 e. The van der Waals surface area contributed by atoms with Crippen molar-refractivity contribution >= 4 is 27.7 Å². The van der Waals surface area contributed by atoms with Gasteiger partial charge in [0.05, 0.1) is 6.54 Å². The van der Waals surface area contributed by atoms with E-state index in [0.717, 1.165) is 10.9 Å². The van der Waals surface area contributed by atoms with Crippen molar-refractivity contribution in [3.8, 4) is 0 Å². The third-order valence-corrected chi connectivity index (χ3v) is 3.52. The fourth-order valence-corrected chi connectivity index (χ4v) is 2.25. The Hall–Kier alpha value is -1.36. The molecule has 1 rings (SSSR count). The van der Waals surface area contributed by atoms with E-state index in [1.165, 1.54) is 0 Å². The van der Waals surface area contributed by atoms with Crippen LogP contribution in [0.2, 0.25) is 0 Å². The van der Waals surface area contributed by atoms with E-state index in [-0.39, 0.29) is 23.9 Å². The number of halogens is 1. The van der Waals surface area contributed by atoms with Crippen molar-refractivity contribution in [3.63, 3.8) is 0 Å². The molecule has 0 spiro atoms. The fraction of sp³-hybridized carbons (Fsp3) is 0.500. The molecule has 0 saturated carbocycles. The first-order chi connectivity index (χ1) is 9.76. The molecule has 0 aliphatic carbocycles. The summed E-state index contributed by atoms with van der Waals surface area (Å²) in [5.74, 6) is -0.266. The highest BCUT2D eigenvalue weighted by Gasteiger charge is 2.20. The average molecular weight is 355 g/mol. The van der Waals surface area contributed by atoms with Crippen molar-refractivity contribution < 1.29 is 9.59 Å². The first-order valence-electron chi connectivity index (χ1n) is 7.02. The Balaban J connectivity index is 2.74. The lowest BCUT2D eigenvalue weighted by molar-refractivity contribution is -0.123. The highest BCUT2D eigenvalue weighted by molar-refractivity contribution is 9.08. The monoisotopic (exact) mass is 354 g/mol. The van der Waals surface area contributed by atoms with Gasteiger partial charge in [0.15, 0.2) is 0 Å². The molecular weight excluding hydrogens is 332 g/mol. The van der Waals surface area contributed by atoms with Crippen LogP contribution in [0.25, 0.3) is 0 Å². The minimum Gasteiger partial charge on any atom is -0.350 e. The Bertz CT molecular complexity index is 492. The summed E-state index contributed by atoms with van der Waals surface area (Å²) in [7, 11) is 0. The third kappa shape index (κ3) is 5.87. The summed E-state index contributed by atoms with van der Waals surface area (Å²) in [4.78, 5) is 25.9. The molecule has 0 fully saturated rings. The number of nitrogens with zero attached hydrogens (tertiary/aromatic N) is 1. The molecular formula is C16H23BrN2O2. The second kappa shape index (κ2) is 7.59. The van der Waals surface area contributed by atoms with Gasteiger partial charge < -0.3 is 10.2 Å². The first-order valence-corrected chi connectivity index (χ1v) is 8.14. The van der Waals surface area contributed by atoms with E-state index in [1.54, 1.807) is 17.0 Å². The number of amides is 2. The van der Waals surface area contributed by atoms with Gasteiger partial charge in [0.25, 0.3) is 5.91 Å². The van der Waals surface area contributed by atoms with Crippen LogP contribution in [-0.4, -0.2) is 35.3 Å². The Morgan fingerprint density at radius 1 is 1.19 bits per heavy atom. The quantitative estimate of drug-likeness (QED) is 0.826. The maximum atomic E-state index is 12.4. The van der Waals surface area contributed by atoms with Gasteiger partial charge in [-0.25, -0.2) is 0 Å². The number of benzene rings is 1. The molecule has 0 aliphatic heterocycles. The summed E-state index contributed by atoms with van der Waals surface area (Å²) in [6.45, 7) is 8.20. The van der Waals surface area contributed by atoms with Crippen LogP contribution in [0.15, 0.2) is 24.3 Å². The van der Waals surface area contributed by atoms with Crippen LogP contribution in [0.1, 0.15) is 43.6 Å². The Labute approximate surface area is 135 Å². The zero-order valence-electron chi connectivity index (χ0n) is 13.1. The topological polar surface area (TPSA) is 49.4 Å². The van der Waals surface area contributed by atoms with Gasteiger partial charge in [0, 0.05) is 23.0 Å². The third-order valence-electron chi connectivity index (χ3n) is 2.87. The molecule has 116 valence electrons. The van der Waals surface area contributed by atoms with Crippen molar-refractivity contribution in [2.45, 2.75) is 38.6 Å². The molecule has 0 saturated heterocycles. The molecule has 0 heterocycles. The van der Waals surface area contributed by atoms with Gasteiger partial charge in [-0.05, 0) is 45.4 Å². The zero-order chi connectivity index (χ0) is 16.0. The minimum absolute atomic E-state index is 0.0762. The highest BCUT2D eigenvalue weighted by atomic mass is 79.9. The number of alkyl halides is 1. The molecule has 0 atom stereocenters. The molecule has 0 aliphatic rings. The van der Waals surface area contributed by atoms with Gasteiger partial charge >= 0.3 is 0 Å². The van der Waals surface area contributed by atoms with Crippen molar-refractivity contribution in [2.75, 3.05) is 13.1 Å². The number of carbonyl (C=O) groups excluding carboxylic acids is 2. The molecule has 2 amide bonds. The van der Waals surface area contributed by atoms with Crippen molar-refractivity contribution in [3.05, 3.63) is 35.4 Å². The summed E-state index contributed by atoms with van der Waals surface area (Å²) >= 11 is 3.37. The number of likely N-dealkylation sites (N-methyl/N-ethyl adjacent to an activating group) is 1. The second-order valence-corrected chi connectivity index (χ2v) is 6.51. The molecule has 0 bridgehead atoms. The molecule has 1 N–H and O–H groups in total. The molecule has 1 aromatic rings. The maximum absolute atomic E-state index is 12.4. The van der Waals surface area contributed by atoms with E-state index in [9.17, 15) is 9.59 Å². The number of carbonyl (C=O) groups is 2. The second-order valence-electron chi connectivity index (χ2n) is 5.95. The highest BCUT2D eigenvalue weighted by Crippen LogP contribution is 2.10. The zero-order valence-corrected chi connectivity index (χ0v) is 14.7. The Morgan fingerprint density at radius 3 is 2.19 bits per heavy atom. The van der Waals surface area contributed by atoms with E-state index >= 15 is 0 Å². The Kier molecular flexibility index (Phi) is 6.40. The van der Waals surface area contributed by atoms with E-state index in [1.807, 2.05) is 39.8 Å². The lowest BCUT2D eigenvalue weighted by atomic mass is 10.1. The average Bonchev–Trinajstić information content (AvgIpc) is 2.42. The maximum Gasteiger partial charge on any atom is 0.254 e. The van der Waals surface area contributed by atoms with E-state index in [2.05, 4.69) is 21.2 Å². The molecule has 5 heteroatoms. The predicted octanol–water partition coefficient (Wildman–Crippen LogP) is 2.96. The van der Waals surface area contributed by atoms with Gasteiger partial charge in [-0.15, -0.1) is 0 Å². The van der Waals surface area contributed by atoms with Gasteiger partial charge in [0.1, 0.15) is 0 Å². The van der Waals surface area contributed by atoms with Crippen LogP contribution in [0.3, 0.4) is 0 Å². The molecule has 21 heavy (non-hydrogen) atoms. The normalized spacial score (nSPS) is 11.1. The summed E-state index contributed by atoms with van der Waals surface area (Å²) in [5.41, 5.74) is 1.42. The molecule has 0 aromatic heterocycles. The summed E-state index contributed by atoms with van der Waals surface area (Å²) < 4.78 is 0. The van der Waals surface area contributed by atoms with Gasteiger partial charge in [-0.1, -0.05) is 28.1 Å². The van der Waals surface area contributed by atoms with Crippen LogP contribution in [0, 0.1) is 0 Å². The van der Waals surface area contributed by atoms with Crippen LogP contribution < -0.4 is 5.32 Å². The lowest BCUT2D eigenvalue weighted by Gasteiger charge is -2.25. The number of rotatable bonds is 5. The van der Waals surface area contributed by atoms with Gasteiger partial charge in [-0.2, -0.15) is 0 Å². The van der Waals surface area contributed by atoms with E-state index in [4.69, 9.17) is 0 Å². The number of hydrogen-bond donors (Lipinski definition) is 1. The minimum atomic E-state index is -0.295. The largest absolute Gasteiger partial charge is 0.350 e. The molecule has 0 radical (unpaired) electrons. The summed E-state index contributed by atoms with van der Waals surface area (Å²) in [6.07, 6.45) is 0. The Morgan fingerprint density at radius 2 is 1.76 bits per heavy atom. The lowest BCUT2D eigenvalue weighted by Crippen LogP contribution is -2.47. The first kappa shape index (κ1) is 17.7. The van der Waals surface area contributed by atoms with Crippen molar-refractivity contribution in [1.82, 2.24) is 10.2 Å². The van der Waals surface area contributed by atoms with Gasteiger partial charge in [-0.3, -0.25) is 9.59 Å². The number of hydrogen-bond acceptors (Lipinski definition) is 2. The standard InChI is InChI=1S/C16H23BrN2O2/c1-5-19(11-14(20)18-16(2,3)4)15(21)13-8-6-12(10-17)7-9-13/h6-9H,5,10-11H2,1-4H3,(H,18,20). The van der Waals surface area contributed by atoms with Crippen LogP contribution in [-0.2, 0) is 10.1 Å². The van der Waals surface area contributed by atoms with E-state index in [0.29, 0.717) is 12.1 Å². The van der Waals surface area contributed by atoms with Crippen LogP contribution in [0.5, 0.6) is 0 Å². The number of nitrogens with one attached hydrogen (secondary N) is 1. The SMILES string of the molecule is CCN(CC(=O)NC(C)(C)C)C(=O)c1ccc(CBr)cc1. The molecule has 0 unspecified atom stereocenters. The van der Waals surface area contributed by atoms with Crippen molar-refractivity contribution in [1.29, 1.82) is 0 Å². The summed E-state index contributed by atoms with van der Waals surface area (Å²) in [5, 5.41) is 3.63. The van der Waals surface area contributed by atoms with Crippen LogP contribution >= 0.6 is 15.9 Å². The predicted molar refractivity (Wildman–Crippen MR) is 88.5 cm³/mol. The molecule has 4 nitrogen and oxygen atoms in total. The fourth-order valence-electron chi connectivity index (χ4n) is 1.88. The molecule has 1 aromatic carbocycles.